The number of thiazole rings is 1. The van der Waals surface area contributed by atoms with Gasteiger partial charge >= 0.3 is 6.18 Å². The Kier molecular flexibility index (Phi) is 6.89. The maximum atomic E-state index is 12.7. The summed E-state index contributed by atoms with van der Waals surface area (Å²) in [6, 6.07) is 12.8. The minimum absolute atomic E-state index is 0.118. The number of rotatable bonds is 7. The number of benzene rings is 2. The Labute approximate surface area is 177 Å². The maximum Gasteiger partial charge on any atom is 0.416 e. The molecule has 158 valence electrons. The molecule has 3 rings (SSSR count). The third-order valence-electron chi connectivity index (χ3n) is 4.43. The monoisotopic (exact) mass is 433 g/mol. The van der Waals surface area contributed by atoms with Gasteiger partial charge in [-0.3, -0.25) is 4.79 Å². The van der Waals surface area contributed by atoms with Crippen LogP contribution in [-0.2, 0) is 30.5 Å². The highest BCUT2D eigenvalue weighted by molar-refractivity contribution is 7.13. The smallest absolute Gasteiger partial charge is 0.352 e. The summed E-state index contributed by atoms with van der Waals surface area (Å²) < 4.78 is 38.1. The molecule has 4 nitrogen and oxygen atoms in total. The number of aromatic nitrogens is 1. The molecule has 1 aromatic heterocycles. The molecule has 0 unspecified atom stereocenters. The molecule has 0 fully saturated rings. The number of nitrogens with zero attached hydrogens (tertiary/aromatic N) is 2. The van der Waals surface area contributed by atoms with Gasteiger partial charge in [-0.15, -0.1) is 11.3 Å². The molecule has 1 N–H and O–H groups in total. The molecule has 8 heteroatoms. The molecule has 2 aromatic carbocycles. The van der Waals surface area contributed by atoms with Gasteiger partial charge in [0, 0.05) is 24.0 Å². The quantitative estimate of drug-likeness (QED) is 0.585. The van der Waals surface area contributed by atoms with Crippen molar-refractivity contribution in [2.45, 2.75) is 25.7 Å². The Morgan fingerprint density at radius 1 is 1.07 bits per heavy atom. The Bertz CT molecular complexity index is 997. The van der Waals surface area contributed by atoms with E-state index in [9.17, 15) is 18.0 Å². The fourth-order valence-electron chi connectivity index (χ4n) is 2.97. The standard InChI is InChI=1S/C22H22F3N3OS/c1-28(2)13-17-6-4-3-5-16(17)12-26-20(29)11-19-14-30-21(27-19)15-7-9-18(10-8-15)22(23,24)25/h3-10,14H,11-13H2,1-2H3,(H,26,29). The fourth-order valence-corrected chi connectivity index (χ4v) is 3.79. The summed E-state index contributed by atoms with van der Waals surface area (Å²) in [5.74, 6) is -0.154. The molecule has 0 aliphatic rings. The maximum absolute atomic E-state index is 12.7. The number of nitrogens with one attached hydrogen (secondary N) is 1. The minimum Gasteiger partial charge on any atom is -0.352 e. The van der Waals surface area contributed by atoms with Gasteiger partial charge in [0.25, 0.3) is 0 Å². The summed E-state index contributed by atoms with van der Waals surface area (Å²) in [5.41, 5.74) is 2.70. The lowest BCUT2D eigenvalue weighted by Gasteiger charge is -2.14. The van der Waals surface area contributed by atoms with Crippen LogP contribution < -0.4 is 5.32 Å². The van der Waals surface area contributed by atoms with Gasteiger partial charge in [-0.2, -0.15) is 13.2 Å². The number of halogens is 3. The van der Waals surface area contributed by atoms with E-state index in [0.717, 1.165) is 29.8 Å². The van der Waals surface area contributed by atoms with Gasteiger partial charge in [0.05, 0.1) is 17.7 Å². The van der Waals surface area contributed by atoms with E-state index in [1.165, 1.54) is 23.5 Å². The molecule has 30 heavy (non-hydrogen) atoms. The van der Waals surface area contributed by atoms with E-state index in [1.54, 1.807) is 5.38 Å². The van der Waals surface area contributed by atoms with Crippen LogP contribution in [0.1, 0.15) is 22.4 Å². The summed E-state index contributed by atoms with van der Waals surface area (Å²) >= 11 is 1.30. The van der Waals surface area contributed by atoms with Crippen molar-refractivity contribution >= 4 is 17.2 Å². The topological polar surface area (TPSA) is 45.2 Å². The number of alkyl halides is 3. The number of hydrogen-bond donors (Lipinski definition) is 1. The van der Waals surface area contributed by atoms with Gasteiger partial charge < -0.3 is 10.2 Å². The van der Waals surface area contributed by atoms with Crippen molar-refractivity contribution in [3.8, 4) is 10.6 Å². The molecule has 0 aliphatic carbocycles. The van der Waals surface area contributed by atoms with Crippen LogP contribution >= 0.6 is 11.3 Å². The van der Waals surface area contributed by atoms with Crippen LogP contribution in [0.4, 0.5) is 13.2 Å². The van der Waals surface area contributed by atoms with Crippen LogP contribution in [0.15, 0.2) is 53.9 Å². The molecule has 0 radical (unpaired) electrons. The van der Waals surface area contributed by atoms with Crippen LogP contribution in [0.2, 0.25) is 0 Å². The summed E-state index contributed by atoms with van der Waals surface area (Å²) in [7, 11) is 3.98. The largest absolute Gasteiger partial charge is 0.416 e. The van der Waals surface area contributed by atoms with Gasteiger partial charge in [0.2, 0.25) is 5.91 Å². The van der Waals surface area contributed by atoms with Crippen LogP contribution in [0.5, 0.6) is 0 Å². The zero-order valence-corrected chi connectivity index (χ0v) is 17.5. The molecule has 0 atom stereocenters. The van der Waals surface area contributed by atoms with E-state index in [-0.39, 0.29) is 12.3 Å². The second-order valence-electron chi connectivity index (χ2n) is 7.18. The Morgan fingerprint density at radius 2 is 1.73 bits per heavy atom. The van der Waals surface area contributed by atoms with Gasteiger partial charge in [-0.05, 0) is 37.4 Å². The molecule has 0 saturated carbocycles. The highest BCUT2D eigenvalue weighted by Gasteiger charge is 2.30. The zero-order valence-electron chi connectivity index (χ0n) is 16.7. The van der Waals surface area contributed by atoms with Crippen molar-refractivity contribution in [3.63, 3.8) is 0 Å². The van der Waals surface area contributed by atoms with Crippen LogP contribution in [-0.4, -0.2) is 29.9 Å². The third-order valence-corrected chi connectivity index (χ3v) is 5.37. The molecular weight excluding hydrogens is 411 g/mol. The Morgan fingerprint density at radius 3 is 2.37 bits per heavy atom. The second-order valence-corrected chi connectivity index (χ2v) is 8.04. The van der Waals surface area contributed by atoms with Crippen molar-refractivity contribution in [2.75, 3.05) is 14.1 Å². The van der Waals surface area contributed by atoms with Gasteiger partial charge in [0.15, 0.2) is 0 Å². The number of carbonyl (C=O) groups is 1. The average Bonchev–Trinajstić information content (AvgIpc) is 3.15. The molecule has 1 amide bonds. The molecule has 1 heterocycles. The van der Waals surface area contributed by atoms with Gasteiger partial charge in [0.1, 0.15) is 5.01 Å². The summed E-state index contributed by atoms with van der Waals surface area (Å²) in [6.07, 6.45) is -4.25. The van der Waals surface area contributed by atoms with Crippen molar-refractivity contribution < 1.29 is 18.0 Å². The number of hydrogen-bond acceptors (Lipinski definition) is 4. The predicted octanol–water partition coefficient (Wildman–Crippen LogP) is 4.75. The van der Waals surface area contributed by atoms with Gasteiger partial charge in [-0.1, -0.05) is 36.4 Å². The first-order valence-electron chi connectivity index (χ1n) is 9.32. The van der Waals surface area contributed by atoms with Gasteiger partial charge in [-0.25, -0.2) is 4.98 Å². The molecule has 0 spiro atoms. The number of amides is 1. The van der Waals surface area contributed by atoms with E-state index in [4.69, 9.17) is 0 Å². The first-order chi connectivity index (χ1) is 14.2. The van der Waals surface area contributed by atoms with Crippen molar-refractivity contribution in [3.05, 3.63) is 76.3 Å². The Hall–Kier alpha value is -2.71. The SMILES string of the molecule is CN(C)Cc1ccccc1CNC(=O)Cc1csc(-c2ccc(C(F)(F)F)cc2)n1. The number of carbonyl (C=O) groups excluding carboxylic acids is 1. The first kappa shape index (κ1) is 22.0. The normalized spacial score (nSPS) is 11.7. The van der Waals surface area contributed by atoms with E-state index in [2.05, 4.69) is 15.2 Å². The molecule has 0 saturated heterocycles. The summed E-state index contributed by atoms with van der Waals surface area (Å²) in [6.45, 7) is 1.22. The highest BCUT2D eigenvalue weighted by Crippen LogP contribution is 2.31. The van der Waals surface area contributed by atoms with E-state index in [0.29, 0.717) is 22.8 Å². The lowest BCUT2D eigenvalue weighted by Crippen LogP contribution is -2.25. The lowest BCUT2D eigenvalue weighted by molar-refractivity contribution is -0.137. The summed E-state index contributed by atoms with van der Waals surface area (Å²) in [5, 5.41) is 5.26. The zero-order chi connectivity index (χ0) is 21.7. The molecule has 3 aromatic rings. The van der Waals surface area contributed by atoms with E-state index < -0.39 is 11.7 Å². The van der Waals surface area contributed by atoms with Crippen LogP contribution in [0.25, 0.3) is 10.6 Å². The van der Waals surface area contributed by atoms with Crippen molar-refractivity contribution in [2.24, 2.45) is 0 Å². The van der Waals surface area contributed by atoms with E-state index >= 15 is 0 Å². The molecule has 0 aliphatic heterocycles. The van der Waals surface area contributed by atoms with E-state index in [1.807, 2.05) is 38.4 Å². The average molecular weight is 433 g/mol. The highest BCUT2D eigenvalue weighted by atomic mass is 32.1. The first-order valence-corrected chi connectivity index (χ1v) is 10.2. The molecule has 0 bridgehead atoms. The molecular formula is C22H22F3N3OS. The van der Waals surface area contributed by atoms with Crippen LogP contribution in [0, 0.1) is 0 Å². The lowest BCUT2D eigenvalue weighted by atomic mass is 10.1. The third kappa shape index (κ3) is 5.90. The van der Waals surface area contributed by atoms with Crippen LogP contribution in [0.3, 0.4) is 0 Å². The van der Waals surface area contributed by atoms with Crippen molar-refractivity contribution in [1.29, 1.82) is 0 Å². The van der Waals surface area contributed by atoms with Crippen molar-refractivity contribution in [1.82, 2.24) is 15.2 Å². The Balaban J connectivity index is 1.59. The fraction of sp³-hybridized carbons (Fsp3) is 0.273. The minimum atomic E-state index is -4.37. The second kappa shape index (κ2) is 9.40. The predicted molar refractivity (Wildman–Crippen MR) is 112 cm³/mol. The summed E-state index contributed by atoms with van der Waals surface area (Å²) in [4.78, 5) is 18.8.